The van der Waals surface area contributed by atoms with Crippen molar-refractivity contribution < 1.29 is 33.0 Å². The number of benzene rings is 1. The summed E-state index contributed by atoms with van der Waals surface area (Å²) in [6.07, 6.45) is -0.437. The van der Waals surface area contributed by atoms with Crippen molar-refractivity contribution in [1.82, 2.24) is 4.90 Å². The number of hydrogen-bond donors (Lipinski definition) is 1. The van der Waals surface area contributed by atoms with Gasteiger partial charge in [-0.1, -0.05) is 12.1 Å². The third-order valence-corrected chi connectivity index (χ3v) is 4.23. The highest BCUT2D eigenvalue weighted by molar-refractivity contribution is 8.00. The number of carbonyl (C=O) groups is 2. The molecule has 1 amide bonds. The summed E-state index contributed by atoms with van der Waals surface area (Å²) in [5.41, 5.74) is 0.642. The molecule has 0 spiro atoms. The lowest BCUT2D eigenvalue weighted by Crippen LogP contribution is -2.43. The fourth-order valence-electron chi connectivity index (χ4n) is 2.29. The summed E-state index contributed by atoms with van der Waals surface area (Å²) in [4.78, 5) is 24.2. The zero-order valence-corrected chi connectivity index (χ0v) is 13.5. The lowest BCUT2D eigenvalue weighted by Gasteiger charge is -2.33. The van der Waals surface area contributed by atoms with Gasteiger partial charge in [0.2, 0.25) is 5.91 Å². The van der Waals surface area contributed by atoms with E-state index in [1.807, 2.05) is 0 Å². The number of hydrogen-bond acceptors (Lipinski definition) is 5. The second kappa shape index (κ2) is 8.84. The minimum absolute atomic E-state index is 0.0339. The number of halogens is 2. The Morgan fingerprint density at radius 2 is 2.21 bits per heavy atom. The average molecular weight is 361 g/mol. The van der Waals surface area contributed by atoms with Crippen LogP contribution >= 0.6 is 11.8 Å². The largest absolute Gasteiger partial charge is 0.481 e. The van der Waals surface area contributed by atoms with Gasteiger partial charge >= 0.3 is 12.6 Å². The van der Waals surface area contributed by atoms with E-state index >= 15 is 0 Å². The number of aliphatic carboxylic acids is 1. The molecule has 6 nitrogen and oxygen atoms in total. The lowest BCUT2D eigenvalue weighted by atomic mass is 10.1. The predicted octanol–water partition coefficient (Wildman–Crippen LogP) is 2.01. The quantitative estimate of drug-likeness (QED) is 0.801. The highest BCUT2D eigenvalue weighted by Crippen LogP contribution is 2.26. The predicted molar refractivity (Wildman–Crippen MR) is 83.3 cm³/mol. The van der Waals surface area contributed by atoms with Crippen LogP contribution in [0.2, 0.25) is 0 Å². The van der Waals surface area contributed by atoms with Crippen LogP contribution in [0.3, 0.4) is 0 Å². The number of alkyl halides is 2. The van der Waals surface area contributed by atoms with E-state index in [0.717, 1.165) is 11.8 Å². The van der Waals surface area contributed by atoms with E-state index < -0.39 is 18.7 Å². The number of carboxylic acids is 1. The zero-order valence-electron chi connectivity index (χ0n) is 12.7. The topological polar surface area (TPSA) is 76.1 Å². The third kappa shape index (κ3) is 5.64. The van der Waals surface area contributed by atoms with Gasteiger partial charge in [0.25, 0.3) is 0 Å². The summed E-state index contributed by atoms with van der Waals surface area (Å²) in [5, 5.41) is 8.58. The van der Waals surface area contributed by atoms with Gasteiger partial charge in [-0.05, 0) is 17.7 Å². The van der Waals surface area contributed by atoms with E-state index in [1.54, 1.807) is 17.0 Å². The molecule has 1 fully saturated rings. The molecular weight excluding hydrogens is 344 g/mol. The number of ether oxygens (including phenoxy) is 2. The SMILES string of the molecule is O=C(O)CSCC(=O)N1CCOC(c2cccc(OC(F)F)c2)C1. The van der Waals surface area contributed by atoms with Gasteiger partial charge in [0.1, 0.15) is 11.9 Å². The van der Waals surface area contributed by atoms with Crippen molar-refractivity contribution in [3.05, 3.63) is 29.8 Å². The van der Waals surface area contributed by atoms with Crippen LogP contribution in [0, 0.1) is 0 Å². The maximum atomic E-state index is 12.3. The van der Waals surface area contributed by atoms with Crippen LogP contribution in [-0.4, -0.2) is 59.7 Å². The standard InChI is InChI=1S/C15H17F2NO5S/c16-15(17)23-11-3-1-2-10(6-11)12-7-18(4-5-22-12)13(19)8-24-9-14(20)21/h1-3,6,12,15H,4-5,7-9H2,(H,20,21). The molecule has 0 radical (unpaired) electrons. The summed E-state index contributed by atoms with van der Waals surface area (Å²) in [6, 6.07) is 6.18. The maximum absolute atomic E-state index is 12.3. The first-order valence-electron chi connectivity index (χ1n) is 7.19. The third-order valence-electron chi connectivity index (χ3n) is 3.33. The minimum atomic E-state index is -2.91. The molecule has 9 heteroatoms. The summed E-state index contributed by atoms with van der Waals surface area (Å²) in [7, 11) is 0. The maximum Gasteiger partial charge on any atom is 0.387 e. The first-order chi connectivity index (χ1) is 11.5. The summed E-state index contributed by atoms with van der Waals surface area (Å²) in [5.74, 6) is -1.16. The van der Waals surface area contributed by atoms with E-state index in [2.05, 4.69) is 4.74 Å². The summed E-state index contributed by atoms with van der Waals surface area (Å²) in [6.45, 7) is -1.89. The fraction of sp³-hybridized carbons (Fsp3) is 0.467. The van der Waals surface area contributed by atoms with Gasteiger partial charge in [0.05, 0.1) is 24.7 Å². The minimum Gasteiger partial charge on any atom is -0.481 e. The molecule has 1 atom stereocenters. The van der Waals surface area contributed by atoms with Crippen LogP contribution in [0.25, 0.3) is 0 Å². The van der Waals surface area contributed by atoms with Crippen LogP contribution in [0.5, 0.6) is 5.75 Å². The molecule has 1 aliphatic rings. The Morgan fingerprint density at radius 3 is 2.92 bits per heavy atom. The van der Waals surface area contributed by atoms with Crippen molar-refractivity contribution in [2.45, 2.75) is 12.7 Å². The highest BCUT2D eigenvalue weighted by atomic mass is 32.2. The van der Waals surface area contributed by atoms with Crippen LogP contribution in [0.15, 0.2) is 24.3 Å². The van der Waals surface area contributed by atoms with Gasteiger partial charge in [0, 0.05) is 6.54 Å². The molecule has 0 aliphatic carbocycles. The normalized spacial score (nSPS) is 17.8. The molecular formula is C15H17F2NO5S. The smallest absolute Gasteiger partial charge is 0.387 e. The van der Waals surface area contributed by atoms with Gasteiger partial charge in [-0.3, -0.25) is 9.59 Å². The molecule has 1 aromatic rings. The average Bonchev–Trinajstić information content (AvgIpc) is 2.54. The van der Waals surface area contributed by atoms with Crippen LogP contribution in [0.1, 0.15) is 11.7 Å². The van der Waals surface area contributed by atoms with E-state index in [0.29, 0.717) is 18.7 Å². The number of thioether (sulfide) groups is 1. The molecule has 1 aromatic carbocycles. The molecule has 1 N–H and O–H groups in total. The molecule has 132 valence electrons. The lowest BCUT2D eigenvalue weighted by molar-refractivity contribution is -0.136. The Bertz CT molecular complexity index is 587. The Morgan fingerprint density at radius 1 is 1.42 bits per heavy atom. The second-order valence-electron chi connectivity index (χ2n) is 5.04. The van der Waals surface area contributed by atoms with Gasteiger partial charge in [0.15, 0.2) is 0 Å². The molecule has 1 saturated heterocycles. The van der Waals surface area contributed by atoms with Gasteiger partial charge in [-0.25, -0.2) is 0 Å². The van der Waals surface area contributed by atoms with Crippen molar-refractivity contribution in [2.24, 2.45) is 0 Å². The summed E-state index contributed by atoms with van der Waals surface area (Å²) >= 11 is 1.03. The number of carboxylic acid groups (broad SMARTS) is 1. The molecule has 2 rings (SSSR count). The van der Waals surface area contributed by atoms with Crippen molar-refractivity contribution >= 4 is 23.6 Å². The monoisotopic (exact) mass is 361 g/mol. The van der Waals surface area contributed by atoms with Crippen LogP contribution in [-0.2, 0) is 14.3 Å². The van der Waals surface area contributed by atoms with Crippen LogP contribution < -0.4 is 4.74 Å². The molecule has 0 bridgehead atoms. The first kappa shape index (κ1) is 18.5. The van der Waals surface area contributed by atoms with E-state index in [1.165, 1.54) is 12.1 Å². The number of carbonyl (C=O) groups excluding carboxylic acids is 1. The number of rotatable bonds is 7. The van der Waals surface area contributed by atoms with E-state index in [-0.39, 0.29) is 29.7 Å². The van der Waals surface area contributed by atoms with E-state index in [9.17, 15) is 18.4 Å². The first-order valence-corrected chi connectivity index (χ1v) is 8.35. The van der Waals surface area contributed by atoms with Crippen molar-refractivity contribution in [3.63, 3.8) is 0 Å². The van der Waals surface area contributed by atoms with Crippen LogP contribution in [0.4, 0.5) is 8.78 Å². The number of morpholine rings is 1. The van der Waals surface area contributed by atoms with Gasteiger partial charge in [-0.2, -0.15) is 8.78 Å². The molecule has 1 unspecified atom stereocenters. The summed E-state index contributed by atoms with van der Waals surface area (Å²) < 4.78 is 34.6. The Hall–Kier alpha value is -1.87. The zero-order chi connectivity index (χ0) is 17.5. The fourth-order valence-corrected chi connectivity index (χ4v) is 2.92. The highest BCUT2D eigenvalue weighted by Gasteiger charge is 2.25. The molecule has 0 saturated carbocycles. The number of amides is 1. The van der Waals surface area contributed by atoms with Crippen molar-refractivity contribution in [2.75, 3.05) is 31.2 Å². The Labute approximate surface area is 141 Å². The molecule has 1 heterocycles. The molecule has 1 aliphatic heterocycles. The second-order valence-corrected chi connectivity index (χ2v) is 6.02. The van der Waals surface area contributed by atoms with Crippen molar-refractivity contribution in [1.29, 1.82) is 0 Å². The number of nitrogens with zero attached hydrogens (tertiary/aromatic N) is 1. The van der Waals surface area contributed by atoms with Gasteiger partial charge in [-0.15, -0.1) is 11.8 Å². The molecule has 0 aromatic heterocycles. The van der Waals surface area contributed by atoms with E-state index in [4.69, 9.17) is 9.84 Å². The Balaban J connectivity index is 1.95. The van der Waals surface area contributed by atoms with Crippen molar-refractivity contribution in [3.8, 4) is 5.75 Å². The molecule has 24 heavy (non-hydrogen) atoms. The Kier molecular flexibility index (Phi) is 6.80. The van der Waals surface area contributed by atoms with Gasteiger partial charge < -0.3 is 19.5 Å².